The zero-order valence-electron chi connectivity index (χ0n) is 25.3. The Hall–Kier alpha value is -5.20. The molecular formula is C32H32F2N8O3. The van der Waals surface area contributed by atoms with Crippen LogP contribution < -0.4 is 5.32 Å². The van der Waals surface area contributed by atoms with E-state index in [1.165, 1.54) is 24.4 Å². The predicted octanol–water partition coefficient (Wildman–Crippen LogP) is 5.84. The lowest BCUT2D eigenvalue weighted by Crippen LogP contribution is -2.41. The summed E-state index contributed by atoms with van der Waals surface area (Å²) in [4.78, 5) is 35.0. The molecule has 1 N–H and O–H groups in total. The molecular weight excluding hydrogens is 582 g/mol. The van der Waals surface area contributed by atoms with E-state index in [0.717, 1.165) is 22.9 Å². The lowest BCUT2D eigenvalue weighted by atomic mass is 9.88. The first-order valence-electron chi connectivity index (χ1n) is 14.6. The quantitative estimate of drug-likeness (QED) is 0.247. The van der Waals surface area contributed by atoms with Gasteiger partial charge in [-0.25, -0.2) is 23.7 Å². The summed E-state index contributed by atoms with van der Waals surface area (Å²) in [6, 6.07) is 12.2. The molecule has 13 heteroatoms. The topological polar surface area (TPSA) is 120 Å². The summed E-state index contributed by atoms with van der Waals surface area (Å²) in [6.45, 7) is 6.59. The summed E-state index contributed by atoms with van der Waals surface area (Å²) in [5, 5.41) is 12.4. The predicted molar refractivity (Wildman–Crippen MR) is 163 cm³/mol. The first kappa shape index (κ1) is 29.9. The van der Waals surface area contributed by atoms with Gasteiger partial charge < -0.3 is 15.0 Å². The second kappa shape index (κ2) is 11.7. The second-order valence-corrected chi connectivity index (χ2v) is 11.9. The lowest BCUT2D eigenvalue weighted by molar-refractivity contribution is 0.0203. The van der Waals surface area contributed by atoms with E-state index in [1.807, 2.05) is 38.6 Å². The van der Waals surface area contributed by atoms with Crippen LogP contribution in [0.3, 0.4) is 0 Å². The van der Waals surface area contributed by atoms with Gasteiger partial charge in [-0.3, -0.25) is 9.48 Å². The van der Waals surface area contributed by atoms with Crippen LogP contribution in [0.25, 0.3) is 28.2 Å². The molecule has 0 spiro atoms. The number of imidazole rings is 1. The first-order valence-corrected chi connectivity index (χ1v) is 14.6. The van der Waals surface area contributed by atoms with Crippen LogP contribution in [0, 0.1) is 11.8 Å². The number of aromatic nitrogens is 6. The van der Waals surface area contributed by atoms with Crippen LogP contribution in [0.4, 0.5) is 19.4 Å². The standard InChI is InChI=1S/C32H32F2N8O3/c1-32(2,3)45-31(44)41-15-12-20(13-16-41)29-27(28(39-40(29)4)19-5-7-22(33)8-6-19)23-9-10-26-36-25(18-42(26)38-23)37-30(43)21-11-14-35-24(34)17-21/h5-11,14,17-18,20H,12-13,15-16H2,1-4H3,(H,37,43). The average molecular weight is 615 g/mol. The van der Waals surface area contributed by atoms with Crippen molar-refractivity contribution < 1.29 is 23.1 Å². The number of benzene rings is 1. The summed E-state index contributed by atoms with van der Waals surface area (Å²) in [7, 11) is 1.87. The number of aryl methyl sites for hydroxylation is 1. The third-order valence-electron chi connectivity index (χ3n) is 7.55. The Kier molecular flexibility index (Phi) is 7.77. The van der Waals surface area contributed by atoms with Crippen molar-refractivity contribution in [1.29, 1.82) is 0 Å². The fraction of sp³-hybridized carbons (Fsp3) is 0.312. The Morgan fingerprint density at radius 2 is 1.73 bits per heavy atom. The maximum Gasteiger partial charge on any atom is 0.410 e. The van der Waals surface area contributed by atoms with Gasteiger partial charge in [0.25, 0.3) is 5.91 Å². The summed E-state index contributed by atoms with van der Waals surface area (Å²) < 4.78 is 36.3. The molecule has 0 aliphatic carbocycles. The van der Waals surface area contributed by atoms with E-state index < -0.39 is 17.5 Å². The van der Waals surface area contributed by atoms with Gasteiger partial charge in [-0.05, 0) is 76.1 Å². The number of piperidine rings is 1. The van der Waals surface area contributed by atoms with E-state index in [9.17, 15) is 18.4 Å². The molecule has 232 valence electrons. The number of hydrogen-bond donors (Lipinski definition) is 1. The Morgan fingerprint density at radius 1 is 1.00 bits per heavy atom. The summed E-state index contributed by atoms with van der Waals surface area (Å²) in [5.74, 6) is -1.36. The Labute approximate surface area is 257 Å². The van der Waals surface area contributed by atoms with Crippen molar-refractivity contribution >= 4 is 23.5 Å². The number of fused-ring (bicyclic) bond motifs is 1. The number of halogens is 2. The van der Waals surface area contributed by atoms with Gasteiger partial charge in [0.15, 0.2) is 11.5 Å². The van der Waals surface area contributed by atoms with Crippen LogP contribution in [0.2, 0.25) is 0 Å². The number of nitrogens with zero attached hydrogens (tertiary/aromatic N) is 7. The molecule has 0 radical (unpaired) electrons. The summed E-state index contributed by atoms with van der Waals surface area (Å²) >= 11 is 0. The van der Waals surface area contributed by atoms with Crippen molar-refractivity contribution in [2.75, 3.05) is 18.4 Å². The first-order chi connectivity index (χ1) is 21.4. The largest absolute Gasteiger partial charge is 0.444 e. The van der Waals surface area contributed by atoms with Crippen molar-refractivity contribution in [3.8, 4) is 22.5 Å². The molecule has 1 aliphatic heterocycles. The zero-order valence-corrected chi connectivity index (χ0v) is 25.3. The van der Waals surface area contributed by atoms with Gasteiger partial charge in [-0.2, -0.15) is 14.6 Å². The molecule has 1 saturated heterocycles. The molecule has 0 unspecified atom stereocenters. The van der Waals surface area contributed by atoms with Crippen LogP contribution in [0.5, 0.6) is 0 Å². The molecule has 1 aromatic carbocycles. The van der Waals surface area contributed by atoms with Gasteiger partial charge in [0, 0.05) is 49.4 Å². The highest BCUT2D eigenvalue weighted by Crippen LogP contribution is 2.40. The molecule has 0 atom stereocenters. The highest BCUT2D eigenvalue weighted by molar-refractivity contribution is 6.03. The van der Waals surface area contributed by atoms with Crippen molar-refractivity contribution in [3.63, 3.8) is 0 Å². The second-order valence-electron chi connectivity index (χ2n) is 11.9. The molecule has 0 saturated carbocycles. The van der Waals surface area contributed by atoms with Gasteiger partial charge >= 0.3 is 6.09 Å². The summed E-state index contributed by atoms with van der Waals surface area (Å²) in [6.07, 6.45) is 3.83. The minimum Gasteiger partial charge on any atom is -0.444 e. The van der Waals surface area contributed by atoms with E-state index in [2.05, 4.69) is 15.3 Å². The minimum absolute atomic E-state index is 0.0567. The third kappa shape index (κ3) is 6.37. The zero-order chi connectivity index (χ0) is 31.9. The number of anilines is 1. The van der Waals surface area contributed by atoms with Crippen molar-refractivity contribution in [1.82, 2.24) is 34.3 Å². The number of hydrogen-bond acceptors (Lipinski definition) is 7. The molecule has 5 heterocycles. The number of likely N-dealkylation sites (tertiary alicyclic amines) is 1. The van der Waals surface area contributed by atoms with Crippen molar-refractivity contribution in [3.05, 3.63) is 83.9 Å². The van der Waals surface area contributed by atoms with Crippen LogP contribution in [0.1, 0.15) is 55.6 Å². The molecule has 1 fully saturated rings. The minimum atomic E-state index is -0.760. The highest BCUT2D eigenvalue weighted by Gasteiger charge is 2.32. The number of ether oxygens (including phenoxy) is 1. The van der Waals surface area contributed by atoms with Crippen LogP contribution in [-0.4, -0.2) is 65.0 Å². The maximum atomic E-state index is 13.9. The molecule has 11 nitrogen and oxygen atoms in total. The normalized spacial score (nSPS) is 14.1. The Balaban J connectivity index is 1.34. The number of rotatable bonds is 5. The van der Waals surface area contributed by atoms with Crippen molar-refractivity contribution in [2.45, 2.75) is 45.1 Å². The van der Waals surface area contributed by atoms with E-state index in [1.54, 1.807) is 33.8 Å². The molecule has 2 amide bonds. The number of amides is 2. The fourth-order valence-electron chi connectivity index (χ4n) is 5.54. The van der Waals surface area contributed by atoms with E-state index in [-0.39, 0.29) is 29.2 Å². The Bertz CT molecular complexity index is 1890. The molecule has 5 aromatic rings. The van der Waals surface area contributed by atoms with Crippen LogP contribution in [-0.2, 0) is 11.8 Å². The van der Waals surface area contributed by atoms with Gasteiger partial charge in [0.1, 0.15) is 17.1 Å². The third-order valence-corrected chi connectivity index (χ3v) is 7.55. The summed E-state index contributed by atoms with van der Waals surface area (Å²) in [5.41, 5.74) is 3.71. The molecule has 0 bridgehead atoms. The lowest BCUT2D eigenvalue weighted by Gasteiger charge is -2.33. The maximum absolute atomic E-state index is 13.9. The van der Waals surface area contributed by atoms with Crippen molar-refractivity contribution in [2.24, 2.45) is 7.05 Å². The fourth-order valence-corrected chi connectivity index (χ4v) is 5.54. The molecule has 4 aromatic heterocycles. The molecule has 1 aliphatic rings. The Morgan fingerprint density at radius 3 is 2.42 bits per heavy atom. The van der Waals surface area contributed by atoms with E-state index >= 15 is 0 Å². The SMILES string of the molecule is Cn1nc(-c2ccc(F)cc2)c(-c2ccc3nc(NC(=O)c4ccnc(F)c4)cn3n2)c1C1CCN(C(=O)OC(C)(C)C)CC1. The van der Waals surface area contributed by atoms with Crippen LogP contribution >= 0.6 is 0 Å². The van der Waals surface area contributed by atoms with Gasteiger partial charge in [0.2, 0.25) is 5.95 Å². The van der Waals surface area contributed by atoms with Gasteiger partial charge in [-0.1, -0.05) is 0 Å². The smallest absolute Gasteiger partial charge is 0.410 e. The van der Waals surface area contributed by atoms with E-state index in [0.29, 0.717) is 43.0 Å². The molecule has 45 heavy (non-hydrogen) atoms. The average Bonchev–Trinajstić information content (AvgIpc) is 3.56. The molecule has 6 rings (SSSR count). The van der Waals surface area contributed by atoms with E-state index in [4.69, 9.17) is 14.9 Å². The monoisotopic (exact) mass is 614 g/mol. The number of nitrogens with one attached hydrogen (secondary N) is 1. The number of carbonyl (C=O) groups excluding carboxylic acids is 2. The highest BCUT2D eigenvalue weighted by atomic mass is 19.1. The van der Waals surface area contributed by atoms with Crippen LogP contribution in [0.15, 0.2) is 60.9 Å². The van der Waals surface area contributed by atoms with Gasteiger partial charge in [-0.15, -0.1) is 0 Å². The number of pyridine rings is 1. The number of carbonyl (C=O) groups is 2. The van der Waals surface area contributed by atoms with Gasteiger partial charge in [0.05, 0.1) is 23.1 Å².